The third-order valence-corrected chi connectivity index (χ3v) is 6.30. The molecule has 0 atom stereocenters. The SMILES string of the molecule is Cc1cc(N=CN2CCCCC2)c(C)cc1Cc1ccc(-c2ccccc2C(F)(F)F)cc1. The molecule has 1 fully saturated rings. The number of piperidine rings is 1. The van der Waals surface area contributed by atoms with Crippen molar-refractivity contribution in [3.63, 3.8) is 0 Å². The molecule has 0 aromatic heterocycles. The Morgan fingerprint density at radius 2 is 1.58 bits per heavy atom. The predicted octanol–water partition coefficient (Wildman–Crippen LogP) is 7.73. The molecule has 1 heterocycles. The molecule has 0 spiro atoms. The molecule has 4 rings (SSSR count). The van der Waals surface area contributed by atoms with Crippen molar-refractivity contribution in [2.75, 3.05) is 13.1 Å². The number of nitrogens with zero attached hydrogens (tertiary/aromatic N) is 2. The molecule has 0 bridgehead atoms. The standard InChI is InChI=1S/C28H29F3N2/c1-20-17-27(32-19-33-14-6-3-7-15-33)21(2)16-24(20)18-22-10-12-23(13-11-22)25-8-4-5-9-26(25)28(29,30)31/h4-5,8-13,16-17,19H,3,6-7,14-15,18H2,1-2H3. The molecule has 0 radical (unpaired) electrons. The summed E-state index contributed by atoms with van der Waals surface area (Å²) >= 11 is 0. The van der Waals surface area contributed by atoms with Crippen LogP contribution in [-0.2, 0) is 12.6 Å². The van der Waals surface area contributed by atoms with Gasteiger partial charge in [0, 0.05) is 13.1 Å². The maximum absolute atomic E-state index is 13.4. The van der Waals surface area contributed by atoms with Gasteiger partial charge >= 0.3 is 6.18 Å². The van der Waals surface area contributed by atoms with Crippen LogP contribution in [0.3, 0.4) is 0 Å². The van der Waals surface area contributed by atoms with Gasteiger partial charge in [-0.25, -0.2) is 4.99 Å². The van der Waals surface area contributed by atoms with Gasteiger partial charge in [-0.05, 0) is 85.0 Å². The minimum absolute atomic E-state index is 0.208. The molecule has 3 aromatic rings. The summed E-state index contributed by atoms with van der Waals surface area (Å²) in [6.07, 6.45) is 2.07. The van der Waals surface area contributed by atoms with Crippen molar-refractivity contribution in [3.8, 4) is 11.1 Å². The molecule has 0 unspecified atom stereocenters. The van der Waals surface area contributed by atoms with Crippen molar-refractivity contribution in [3.05, 3.63) is 88.5 Å². The zero-order valence-corrected chi connectivity index (χ0v) is 19.1. The lowest BCUT2D eigenvalue weighted by atomic mass is 9.95. The third-order valence-electron chi connectivity index (χ3n) is 6.30. The highest BCUT2D eigenvalue weighted by atomic mass is 19.4. The molecule has 2 nitrogen and oxygen atoms in total. The molecular weight excluding hydrogens is 421 g/mol. The Morgan fingerprint density at radius 3 is 2.27 bits per heavy atom. The Bertz CT molecular complexity index is 1120. The van der Waals surface area contributed by atoms with Gasteiger partial charge in [0.15, 0.2) is 0 Å². The highest BCUT2D eigenvalue weighted by molar-refractivity contribution is 5.68. The zero-order valence-electron chi connectivity index (χ0n) is 19.1. The number of alkyl halides is 3. The van der Waals surface area contributed by atoms with E-state index in [4.69, 9.17) is 4.99 Å². The Labute approximate surface area is 193 Å². The van der Waals surface area contributed by atoms with Gasteiger partial charge in [-0.2, -0.15) is 13.2 Å². The van der Waals surface area contributed by atoms with Crippen LogP contribution in [0.2, 0.25) is 0 Å². The van der Waals surface area contributed by atoms with Gasteiger partial charge in [-0.1, -0.05) is 48.5 Å². The first-order valence-corrected chi connectivity index (χ1v) is 11.4. The Balaban J connectivity index is 1.51. The Morgan fingerprint density at radius 1 is 0.879 bits per heavy atom. The minimum Gasteiger partial charge on any atom is -0.363 e. The Hall–Kier alpha value is -3.08. The first kappa shape index (κ1) is 23.1. The monoisotopic (exact) mass is 450 g/mol. The van der Waals surface area contributed by atoms with Gasteiger partial charge in [-0.3, -0.25) is 0 Å². The van der Waals surface area contributed by atoms with Crippen LogP contribution in [0.4, 0.5) is 18.9 Å². The molecule has 0 N–H and O–H groups in total. The van der Waals surface area contributed by atoms with E-state index >= 15 is 0 Å². The average molecular weight is 451 g/mol. The van der Waals surface area contributed by atoms with E-state index in [-0.39, 0.29) is 5.56 Å². The maximum Gasteiger partial charge on any atom is 0.417 e. The molecule has 33 heavy (non-hydrogen) atoms. The molecule has 0 amide bonds. The lowest BCUT2D eigenvalue weighted by Gasteiger charge is -2.24. The van der Waals surface area contributed by atoms with E-state index in [0.717, 1.165) is 48.0 Å². The highest BCUT2D eigenvalue weighted by Gasteiger charge is 2.33. The van der Waals surface area contributed by atoms with E-state index < -0.39 is 11.7 Å². The van der Waals surface area contributed by atoms with Crippen molar-refractivity contribution in [2.24, 2.45) is 4.99 Å². The van der Waals surface area contributed by atoms with Gasteiger partial charge in [-0.15, -0.1) is 0 Å². The van der Waals surface area contributed by atoms with Crippen molar-refractivity contribution in [1.29, 1.82) is 0 Å². The molecule has 1 aliphatic heterocycles. The number of benzene rings is 3. The smallest absolute Gasteiger partial charge is 0.363 e. The van der Waals surface area contributed by atoms with E-state index in [0.29, 0.717) is 5.56 Å². The second-order valence-corrected chi connectivity index (χ2v) is 8.82. The number of hydrogen-bond acceptors (Lipinski definition) is 1. The highest BCUT2D eigenvalue weighted by Crippen LogP contribution is 2.37. The summed E-state index contributed by atoms with van der Waals surface area (Å²) in [6.45, 7) is 6.30. The number of rotatable bonds is 5. The third kappa shape index (κ3) is 5.65. The van der Waals surface area contributed by atoms with Crippen molar-refractivity contribution in [1.82, 2.24) is 4.90 Å². The number of halogens is 3. The number of likely N-dealkylation sites (tertiary alicyclic amines) is 1. The van der Waals surface area contributed by atoms with Crippen LogP contribution in [0.25, 0.3) is 11.1 Å². The van der Waals surface area contributed by atoms with E-state index in [9.17, 15) is 13.2 Å². The molecular formula is C28H29F3N2. The fraction of sp³-hybridized carbons (Fsp3) is 0.321. The summed E-state index contributed by atoms with van der Waals surface area (Å²) in [5, 5.41) is 0. The van der Waals surface area contributed by atoms with E-state index in [1.165, 1.54) is 37.0 Å². The maximum atomic E-state index is 13.4. The number of aliphatic imine (C=N–C) groups is 1. The summed E-state index contributed by atoms with van der Waals surface area (Å²) in [5.74, 6) is 0. The normalized spacial score (nSPS) is 14.8. The first-order chi connectivity index (χ1) is 15.8. The quantitative estimate of drug-likeness (QED) is 0.287. The summed E-state index contributed by atoms with van der Waals surface area (Å²) in [5.41, 5.74) is 5.72. The van der Waals surface area contributed by atoms with Gasteiger partial charge < -0.3 is 4.90 Å². The summed E-state index contributed by atoms with van der Waals surface area (Å²) < 4.78 is 40.1. The largest absolute Gasteiger partial charge is 0.417 e. The molecule has 1 aliphatic rings. The fourth-order valence-corrected chi connectivity index (χ4v) is 4.37. The molecule has 172 valence electrons. The minimum atomic E-state index is -4.37. The molecule has 1 saturated heterocycles. The van der Waals surface area contributed by atoms with Crippen LogP contribution in [-0.4, -0.2) is 24.3 Å². The Kier molecular flexibility index (Phi) is 6.87. The molecule has 0 aliphatic carbocycles. The van der Waals surface area contributed by atoms with Crippen molar-refractivity contribution < 1.29 is 13.2 Å². The lowest BCUT2D eigenvalue weighted by Crippen LogP contribution is -2.28. The van der Waals surface area contributed by atoms with Gasteiger partial charge in [0.1, 0.15) is 0 Å². The second-order valence-electron chi connectivity index (χ2n) is 8.82. The van der Waals surface area contributed by atoms with Gasteiger partial charge in [0.05, 0.1) is 17.6 Å². The first-order valence-electron chi connectivity index (χ1n) is 11.4. The van der Waals surface area contributed by atoms with Crippen molar-refractivity contribution >= 4 is 12.0 Å². The van der Waals surface area contributed by atoms with Crippen LogP contribution >= 0.6 is 0 Å². The fourth-order valence-electron chi connectivity index (χ4n) is 4.37. The lowest BCUT2D eigenvalue weighted by molar-refractivity contribution is -0.137. The topological polar surface area (TPSA) is 15.6 Å². The molecule has 5 heteroatoms. The van der Waals surface area contributed by atoms with Gasteiger partial charge in [0.25, 0.3) is 0 Å². The summed E-state index contributed by atoms with van der Waals surface area (Å²) in [4.78, 5) is 7.00. The van der Waals surface area contributed by atoms with E-state index in [2.05, 4.69) is 30.9 Å². The number of hydrogen-bond donors (Lipinski definition) is 0. The van der Waals surface area contributed by atoms with E-state index in [1.54, 1.807) is 18.2 Å². The van der Waals surface area contributed by atoms with E-state index in [1.807, 2.05) is 18.5 Å². The van der Waals surface area contributed by atoms with Crippen LogP contribution in [0.15, 0.2) is 65.7 Å². The average Bonchev–Trinajstić information content (AvgIpc) is 2.81. The summed E-state index contributed by atoms with van der Waals surface area (Å²) in [6, 6.07) is 17.4. The second kappa shape index (κ2) is 9.82. The van der Waals surface area contributed by atoms with Crippen molar-refractivity contribution in [2.45, 2.75) is 45.7 Å². The summed E-state index contributed by atoms with van der Waals surface area (Å²) in [7, 11) is 0. The zero-order chi connectivity index (χ0) is 23.4. The van der Waals surface area contributed by atoms with Crippen LogP contribution in [0, 0.1) is 13.8 Å². The molecule has 3 aromatic carbocycles. The molecule has 0 saturated carbocycles. The van der Waals surface area contributed by atoms with Crippen LogP contribution in [0.5, 0.6) is 0 Å². The van der Waals surface area contributed by atoms with Gasteiger partial charge in [0.2, 0.25) is 0 Å². The van der Waals surface area contributed by atoms with Crippen LogP contribution in [0.1, 0.15) is 47.1 Å². The van der Waals surface area contributed by atoms with Crippen LogP contribution < -0.4 is 0 Å². The predicted molar refractivity (Wildman–Crippen MR) is 129 cm³/mol. The number of aryl methyl sites for hydroxylation is 2.